The van der Waals surface area contributed by atoms with Gasteiger partial charge in [0.15, 0.2) is 5.43 Å². The second-order valence-electron chi connectivity index (χ2n) is 4.78. The van der Waals surface area contributed by atoms with Gasteiger partial charge in [0, 0.05) is 25.7 Å². The van der Waals surface area contributed by atoms with Gasteiger partial charge in [-0.3, -0.25) is 4.79 Å². The maximum atomic E-state index is 12.0. The zero-order valence-corrected chi connectivity index (χ0v) is 10.3. The van der Waals surface area contributed by atoms with Crippen LogP contribution in [0.4, 0.5) is 0 Å². The fraction of sp³-hybridized carbons (Fsp3) is 0.357. The highest BCUT2D eigenvalue weighted by molar-refractivity contribution is 5.76. The largest absolute Gasteiger partial charge is 0.459 e. The van der Waals surface area contributed by atoms with E-state index in [0.717, 1.165) is 25.4 Å². The van der Waals surface area contributed by atoms with Crippen LogP contribution >= 0.6 is 0 Å². The molecule has 1 aliphatic rings. The van der Waals surface area contributed by atoms with Crippen molar-refractivity contribution in [2.24, 2.45) is 0 Å². The van der Waals surface area contributed by atoms with E-state index in [-0.39, 0.29) is 11.5 Å². The third kappa shape index (κ3) is 2.05. The quantitative estimate of drug-likeness (QED) is 0.823. The van der Waals surface area contributed by atoms with Gasteiger partial charge in [-0.15, -0.1) is 0 Å². The third-order valence-corrected chi connectivity index (χ3v) is 3.38. The summed E-state index contributed by atoms with van der Waals surface area (Å²) < 4.78 is 5.84. The van der Waals surface area contributed by atoms with Crippen molar-refractivity contribution in [1.29, 1.82) is 0 Å². The lowest BCUT2D eigenvalue weighted by Crippen LogP contribution is -2.43. The summed E-state index contributed by atoms with van der Waals surface area (Å²) in [5.74, 6) is 0.727. The monoisotopic (exact) mass is 244 g/mol. The van der Waals surface area contributed by atoms with E-state index in [1.54, 1.807) is 12.1 Å². The first-order valence-corrected chi connectivity index (χ1v) is 6.19. The molecule has 94 valence electrons. The molecule has 18 heavy (non-hydrogen) atoms. The van der Waals surface area contributed by atoms with Crippen molar-refractivity contribution in [2.45, 2.75) is 6.04 Å². The molecule has 1 unspecified atom stereocenters. The Morgan fingerprint density at radius 2 is 2.22 bits per heavy atom. The molecule has 2 heterocycles. The summed E-state index contributed by atoms with van der Waals surface area (Å²) in [6, 6.07) is 9.08. The second-order valence-corrected chi connectivity index (χ2v) is 4.78. The van der Waals surface area contributed by atoms with Crippen LogP contribution in [-0.2, 0) is 0 Å². The summed E-state index contributed by atoms with van der Waals surface area (Å²) in [4.78, 5) is 14.3. The number of likely N-dealkylation sites (N-methyl/N-ethyl adjacent to an activating group) is 1. The third-order valence-electron chi connectivity index (χ3n) is 3.38. The van der Waals surface area contributed by atoms with Gasteiger partial charge in [0.2, 0.25) is 0 Å². The van der Waals surface area contributed by atoms with Gasteiger partial charge in [-0.2, -0.15) is 0 Å². The Morgan fingerprint density at radius 3 is 3.06 bits per heavy atom. The summed E-state index contributed by atoms with van der Waals surface area (Å²) >= 11 is 0. The molecule has 0 spiro atoms. The Bertz CT molecular complexity index is 620. The second kappa shape index (κ2) is 4.55. The molecule has 1 aliphatic heterocycles. The van der Waals surface area contributed by atoms with Gasteiger partial charge < -0.3 is 14.6 Å². The minimum absolute atomic E-state index is 0.0295. The number of fused-ring (bicyclic) bond motifs is 1. The van der Waals surface area contributed by atoms with E-state index in [0.29, 0.717) is 11.0 Å². The van der Waals surface area contributed by atoms with Crippen LogP contribution in [0.15, 0.2) is 39.5 Å². The van der Waals surface area contributed by atoms with Crippen molar-refractivity contribution in [3.8, 4) is 0 Å². The molecular weight excluding hydrogens is 228 g/mol. The van der Waals surface area contributed by atoms with Gasteiger partial charge in [0.1, 0.15) is 11.3 Å². The fourth-order valence-electron chi connectivity index (χ4n) is 2.38. The highest BCUT2D eigenvalue weighted by Gasteiger charge is 2.21. The van der Waals surface area contributed by atoms with E-state index in [4.69, 9.17) is 4.42 Å². The maximum Gasteiger partial charge on any atom is 0.193 e. The Morgan fingerprint density at radius 1 is 1.39 bits per heavy atom. The molecule has 0 saturated carbocycles. The lowest BCUT2D eigenvalue weighted by atomic mass is 10.1. The van der Waals surface area contributed by atoms with Crippen LogP contribution in [0.25, 0.3) is 11.0 Å². The number of nitrogens with zero attached hydrogens (tertiary/aromatic N) is 1. The van der Waals surface area contributed by atoms with Gasteiger partial charge in [0.25, 0.3) is 0 Å². The van der Waals surface area contributed by atoms with Gasteiger partial charge in [0.05, 0.1) is 11.4 Å². The van der Waals surface area contributed by atoms with Crippen LogP contribution < -0.4 is 10.7 Å². The molecule has 4 nitrogen and oxygen atoms in total. The maximum absolute atomic E-state index is 12.0. The molecule has 0 radical (unpaired) electrons. The number of rotatable bonds is 1. The van der Waals surface area contributed by atoms with Crippen molar-refractivity contribution < 1.29 is 4.42 Å². The van der Waals surface area contributed by atoms with E-state index < -0.39 is 0 Å². The minimum atomic E-state index is 0.0295. The number of benzene rings is 1. The molecule has 2 aromatic rings. The van der Waals surface area contributed by atoms with E-state index >= 15 is 0 Å². The van der Waals surface area contributed by atoms with E-state index in [1.807, 2.05) is 18.2 Å². The Hall–Kier alpha value is -1.65. The van der Waals surface area contributed by atoms with Gasteiger partial charge in [-0.25, -0.2) is 0 Å². The van der Waals surface area contributed by atoms with Crippen LogP contribution in [0.5, 0.6) is 0 Å². The lowest BCUT2D eigenvalue weighted by molar-refractivity contribution is 0.223. The molecule has 0 amide bonds. The highest BCUT2D eigenvalue weighted by Crippen LogP contribution is 2.19. The molecule has 1 atom stereocenters. The van der Waals surface area contributed by atoms with E-state index in [9.17, 15) is 4.79 Å². The Kier molecular flexibility index (Phi) is 2.89. The molecular formula is C14H16N2O2. The number of hydrogen-bond acceptors (Lipinski definition) is 4. The highest BCUT2D eigenvalue weighted by atomic mass is 16.3. The van der Waals surface area contributed by atoms with Crippen LogP contribution in [0.2, 0.25) is 0 Å². The van der Waals surface area contributed by atoms with Crippen molar-refractivity contribution in [3.63, 3.8) is 0 Å². The summed E-state index contributed by atoms with van der Waals surface area (Å²) in [6.45, 7) is 2.80. The summed E-state index contributed by atoms with van der Waals surface area (Å²) in [6.07, 6.45) is 0. The van der Waals surface area contributed by atoms with E-state index in [2.05, 4.69) is 17.3 Å². The van der Waals surface area contributed by atoms with Crippen molar-refractivity contribution in [3.05, 3.63) is 46.3 Å². The number of para-hydroxylation sites is 1. The number of nitrogens with one attached hydrogen (secondary N) is 1. The van der Waals surface area contributed by atoms with Gasteiger partial charge in [-0.05, 0) is 19.2 Å². The van der Waals surface area contributed by atoms with Gasteiger partial charge >= 0.3 is 0 Å². The Balaban J connectivity index is 2.04. The van der Waals surface area contributed by atoms with Crippen LogP contribution in [0.1, 0.15) is 11.8 Å². The molecule has 0 aliphatic carbocycles. The predicted octanol–water partition coefficient (Wildman–Crippen LogP) is 1.37. The van der Waals surface area contributed by atoms with Crippen LogP contribution in [0, 0.1) is 0 Å². The summed E-state index contributed by atoms with van der Waals surface area (Å²) in [7, 11) is 2.08. The van der Waals surface area contributed by atoms with Crippen molar-refractivity contribution in [2.75, 3.05) is 26.7 Å². The smallest absolute Gasteiger partial charge is 0.193 e. The molecule has 4 heteroatoms. The van der Waals surface area contributed by atoms with Crippen LogP contribution in [-0.4, -0.2) is 31.6 Å². The van der Waals surface area contributed by atoms with Gasteiger partial charge in [-0.1, -0.05) is 12.1 Å². The number of piperazine rings is 1. The molecule has 1 saturated heterocycles. The molecule has 3 rings (SSSR count). The SMILES string of the molecule is CN1CCNC(c2cc(=O)c3ccccc3o2)C1. The molecule has 1 fully saturated rings. The zero-order chi connectivity index (χ0) is 12.5. The Labute approximate surface area is 105 Å². The standard InChI is InChI=1S/C14H16N2O2/c1-16-7-6-15-11(9-16)14-8-12(17)10-4-2-3-5-13(10)18-14/h2-5,8,11,15H,6-7,9H2,1H3. The number of hydrogen-bond donors (Lipinski definition) is 1. The summed E-state index contributed by atoms with van der Waals surface area (Å²) in [5.41, 5.74) is 0.692. The lowest BCUT2D eigenvalue weighted by Gasteiger charge is -2.30. The molecule has 1 N–H and O–H groups in total. The first-order chi connectivity index (χ1) is 8.74. The zero-order valence-electron chi connectivity index (χ0n) is 10.3. The fourth-order valence-corrected chi connectivity index (χ4v) is 2.38. The summed E-state index contributed by atoms with van der Waals surface area (Å²) in [5, 5.41) is 4.03. The predicted molar refractivity (Wildman–Crippen MR) is 70.7 cm³/mol. The minimum Gasteiger partial charge on any atom is -0.459 e. The normalized spacial score (nSPS) is 21.3. The van der Waals surface area contributed by atoms with E-state index in [1.165, 1.54) is 0 Å². The van der Waals surface area contributed by atoms with Crippen molar-refractivity contribution in [1.82, 2.24) is 10.2 Å². The molecule has 1 aromatic heterocycles. The average Bonchev–Trinajstić information content (AvgIpc) is 2.39. The topological polar surface area (TPSA) is 45.5 Å². The van der Waals surface area contributed by atoms with Crippen LogP contribution in [0.3, 0.4) is 0 Å². The first-order valence-electron chi connectivity index (χ1n) is 6.19. The average molecular weight is 244 g/mol. The molecule has 0 bridgehead atoms. The molecule has 1 aromatic carbocycles. The van der Waals surface area contributed by atoms with Crippen molar-refractivity contribution >= 4 is 11.0 Å². The first kappa shape index (κ1) is 11.4.